The number of nitrogen functional groups attached to an aromatic ring is 1. The van der Waals surface area contributed by atoms with E-state index >= 15 is 0 Å². The summed E-state index contributed by atoms with van der Waals surface area (Å²) < 4.78 is 5.14. The summed E-state index contributed by atoms with van der Waals surface area (Å²) in [5.74, 6) is 1.28. The standard InChI is InChI=1S/C10H18N4O2/c1-10(2,15)5-14(3)9-7(16-4)8(11)12-6-13-9/h6,15H,5H2,1-4H3,(H2,11,12,13). The van der Waals surface area contributed by atoms with Gasteiger partial charge in [0.25, 0.3) is 0 Å². The Kier molecular flexibility index (Phi) is 3.54. The monoisotopic (exact) mass is 226 g/mol. The minimum absolute atomic E-state index is 0.287. The van der Waals surface area contributed by atoms with Crippen molar-refractivity contribution in [2.45, 2.75) is 19.4 Å². The molecule has 6 heteroatoms. The van der Waals surface area contributed by atoms with Crippen molar-refractivity contribution < 1.29 is 9.84 Å². The molecule has 0 aliphatic rings. The van der Waals surface area contributed by atoms with Crippen LogP contribution in [0.2, 0.25) is 0 Å². The Morgan fingerprint density at radius 3 is 2.62 bits per heavy atom. The second-order valence-electron chi connectivity index (χ2n) is 4.28. The molecule has 0 fully saturated rings. The highest BCUT2D eigenvalue weighted by atomic mass is 16.5. The fourth-order valence-corrected chi connectivity index (χ4v) is 1.50. The zero-order valence-electron chi connectivity index (χ0n) is 10.1. The smallest absolute Gasteiger partial charge is 0.204 e. The molecular formula is C10H18N4O2. The Balaban J connectivity index is 2.99. The molecule has 90 valence electrons. The van der Waals surface area contributed by atoms with Crippen LogP contribution in [0.4, 0.5) is 11.6 Å². The van der Waals surface area contributed by atoms with Crippen LogP contribution >= 0.6 is 0 Å². The van der Waals surface area contributed by atoms with Crippen LogP contribution in [0.25, 0.3) is 0 Å². The second kappa shape index (κ2) is 4.52. The molecule has 1 aromatic heterocycles. The lowest BCUT2D eigenvalue weighted by molar-refractivity contribution is 0.0883. The van der Waals surface area contributed by atoms with Crippen molar-refractivity contribution in [1.82, 2.24) is 9.97 Å². The van der Waals surface area contributed by atoms with Crippen molar-refractivity contribution in [3.05, 3.63) is 6.33 Å². The summed E-state index contributed by atoms with van der Waals surface area (Å²) >= 11 is 0. The number of hydrogen-bond donors (Lipinski definition) is 2. The van der Waals surface area contributed by atoms with Crippen LogP contribution < -0.4 is 15.4 Å². The van der Waals surface area contributed by atoms with Crippen LogP contribution in [0.1, 0.15) is 13.8 Å². The van der Waals surface area contributed by atoms with Gasteiger partial charge in [0.1, 0.15) is 6.33 Å². The number of methoxy groups -OCH3 is 1. The number of nitrogens with two attached hydrogens (primary N) is 1. The zero-order chi connectivity index (χ0) is 12.3. The average Bonchev–Trinajstić information content (AvgIpc) is 2.14. The summed E-state index contributed by atoms with van der Waals surface area (Å²) in [5.41, 5.74) is 4.85. The predicted molar refractivity (Wildman–Crippen MR) is 62.6 cm³/mol. The summed E-state index contributed by atoms with van der Waals surface area (Å²) in [7, 11) is 3.32. The van der Waals surface area contributed by atoms with E-state index in [-0.39, 0.29) is 5.82 Å². The molecule has 16 heavy (non-hydrogen) atoms. The van der Waals surface area contributed by atoms with E-state index in [2.05, 4.69) is 9.97 Å². The summed E-state index contributed by atoms with van der Waals surface area (Å²) in [4.78, 5) is 9.71. The third-order valence-corrected chi connectivity index (χ3v) is 2.00. The number of aliphatic hydroxyl groups is 1. The van der Waals surface area contributed by atoms with Crippen molar-refractivity contribution in [3.8, 4) is 5.75 Å². The number of anilines is 2. The number of rotatable bonds is 4. The molecule has 1 aromatic rings. The molecule has 0 amide bonds. The van der Waals surface area contributed by atoms with Gasteiger partial charge in [-0.3, -0.25) is 0 Å². The van der Waals surface area contributed by atoms with Crippen LogP contribution in [0, 0.1) is 0 Å². The van der Waals surface area contributed by atoms with Crippen LogP contribution in [0.5, 0.6) is 5.75 Å². The molecule has 0 saturated carbocycles. The van der Waals surface area contributed by atoms with E-state index in [1.807, 2.05) is 7.05 Å². The molecule has 0 saturated heterocycles. The Bertz CT molecular complexity index is 362. The van der Waals surface area contributed by atoms with Gasteiger partial charge in [0.05, 0.1) is 12.7 Å². The highest BCUT2D eigenvalue weighted by molar-refractivity contribution is 5.62. The Morgan fingerprint density at radius 2 is 2.12 bits per heavy atom. The van der Waals surface area contributed by atoms with E-state index in [4.69, 9.17) is 10.5 Å². The van der Waals surface area contributed by atoms with Gasteiger partial charge in [-0.2, -0.15) is 0 Å². The van der Waals surface area contributed by atoms with Crippen LogP contribution in [-0.4, -0.2) is 41.4 Å². The topological polar surface area (TPSA) is 84.5 Å². The highest BCUT2D eigenvalue weighted by Crippen LogP contribution is 2.29. The number of likely N-dealkylation sites (N-methyl/N-ethyl adjacent to an activating group) is 1. The molecule has 0 aliphatic heterocycles. The molecule has 0 aromatic carbocycles. The first-order valence-corrected chi connectivity index (χ1v) is 4.93. The molecule has 0 spiro atoms. The summed E-state index contributed by atoms with van der Waals surface area (Å²) in [6.07, 6.45) is 1.37. The van der Waals surface area contributed by atoms with E-state index < -0.39 is 5.60 Å². The van der Waals surface area contributed by atoms with Gasteiger partial charge in [-0.1, -0.05) is 0 Å². The quantitative estimate of drug-likeness (QED) is 0.767. The highest BCUT2D eigenvalue weighted by Gasteiger charge is 2.20. The van der Waals surface area contributed by atoms with Gasteiger partial charge in [-0.15, -0.1) is 0 Å². The van der Waals surface area contributed by atoms with Crippen molar-refractivity contribution >= 4 is 11.6 Å². The molecule has 0 unspecified atom stereocenters. The summed E-state index contributed by atoms with van der Waals surface area (Å²) in [5, 5.41) is 9.73. The lowest BCUT2D eigenvalue weighted by Gasteiger charge is -2.27. The minimum Gasteiger partial charge on any atom is -0.490 e. The van der Waals surface area contributed by atoms with Gasteiger partial charge in [0, 0.05) is 13.6 Å². The largest absolute Gasteiger partial charge is 0.490 e. The number of nitrogens with zero attached hydrogens (tertiary/aromatic N) is 3. The Morgan fingerprint density at radius 1 is 1.50 bits per heavy atom. The van der Waals surface area contributed by atoms with Crippen molar-refractivity contribution in [3.63, 3.8) is 0 Å². The van der Waals surface area contributed by atoms with Crippen molar-refractivity contribution in [2.24, 2.45) is 0 Å². The normalized spacial score (nSPS) is 11.3. The molecule has 0 bridgehead atoms. The number of hydrogen-bond acceptors (Lipinski definition) is 6. The lowest BCUT2D eigenvalue weighted by atomic mass is 10.1. The first-order valence-electron chi connectivity index (χ1n) is 4.93. The maximum atomic E-state index is 9.73. The molecule has 0 aliphatic carbocycles. The van der Waals surface area contributed by atoms with Gasteiger partial charge in [-0.25, -0.2) is 9.97 Å². The zero-order valence-corrected chi connectivity index (χ0v) is 10.1. The van der Waals surface area contributed by atoms with E-state index in [1.165, 1.54) is 13.4 Å². The van der Waals surface area contributed by atoms with E-state index in [1.54, 1.807) is 18.7 Å². The third kappa shape index (κ3) is 2.96. The number of ether oxygens (including phenoxy) is 1. The van der Waals surface area contributed by atoms with Gasteiger partial charge in [-0.05, 0) is 13.8 Å². The van der Waals surface area contributed by atoms with E-state index in [9.17, 15) is 5.11 Å². The van der Waals surface area contributed by atoms with Gasteiger partial charge in [0.2, 0.25) is 5.75 Å². The van der Waals surface area contributed by atoms with E-state index in [0.717, 1.165) is 0 Å². The average molecular weight is 226 g/mol. The first-order chi connectivity index (χ1) is 7.35. The van der Waals surface area contributed by atoms with Gasteiger partial charge < -0.3 is 20.5 Å². The summed E-state index contributed by atoms with van der Waals surface area (Å²) in [6, 6.07) is 0. The molecule has 0 atom stereocenters. The molecule has 0 radical (unpaired) electrons. The van der Waals surface area contributed by atoms with Gasteiger partial charge in [0.15, 0.2) is 11.6 Å². The molecule has 3 N–H and O–H groups in total. The van der Waals surface area contributed by atoms with Crippen molar-refractivity contribution in [1.29, 1.82) is 0 Å². The Hall–Kier alpha value is -1.56. The van der Waals surface area contributed by atoms with Crippen molar-refractivity contribution in [2.75, 3.05) is 31.3 Å². The SMILES string of the molecule is COc1c(N)ncnc1N(C)CC(C)(C)O. The van der Waals surface area contributed by atoms with E-state index in [0.29, 0.717) is 18.1 Å². The first kappa shape index (κ1) is 12.5. The van der Waals surface area contributed by atoms with Crippen LogP contribution in [0.3, 0.4) is 0 Å². The molecule has 6 nitrogen and oxygen atoms in total. The molecule has 1 heterocycles. The maximum absolute atomic E-state index is 9.73. The van der Waals surface area contributed by atoms with Gasteiger partial charge >= 0.3 is 0 Å². The Labute approximate surface area is 95.1 Å². The minimum atomic E-state index is -0.820. The fraction of sp³-hybridized carbons (Fsp3) is 0.600. The fourth-order valence-electron chi connectivity index (χ4n) is 1.50. The van der Waals surface area contributed by atoms with Crippen LogP contribution in [0.15, 0.2) is 6.33 Å². The third-order valence-electron chi connectivity index (χ3n) is 2.00. The van der Waals surface area contributed by atoms with Crippen LogP contribution in [-0.2, 0) is 0 Å². The second-order valence-corrected chi connectivity index (χ2v) is 4.28. The lowest BCUT2D eigenvalue weighted by Crippen LogP contribution is -2.36. The number of aromatic nitrogens is 2. The summed E-state index contributed by atoms with van der Waals surface area (Å²) in [6.45, 7) is 3.86. The molecule has 1 rings (SSSR count). The molecular weight excluding hydrogens is 208 g/mol. The predicted octanol–water partition coefficient (Wildman–Crippen LogP) is 0.275. The maximum Gasteiger partial charge on any atom is 0.204 e.